The van der Waals surface area contributed by atoms with Crippen molar-refractivity contribution in [2.24, 2.45) is 11.8 Å². The number of rotatable bonds is 7. The van der Waals surface area contributed by atoms with Crippen LogP contribution in [0.5, 0.6) is 0 Å². The maximum absolute atomic E-state index is 13.1. The molecule has 1 aliphatic carbocycles. The first-order valence-electron chi connectivity index (χ1n) is 12.5. The van der Waals surface area contributed by atoms with Crippen LogP contribution in [0.25, 0.3) is 0 Å². The van der Waals surface area contributed by atoms with Gasteiger partial charge in [-0.25, -0.2) is 0 Å². The standard InChI is InChI=1S/C28H37N3O2/c1-20(2)29-28(33)25-19-24(30-27(32)23-10-6-7-11-23)12-13-26(25)31-16-14-22(15-17-31)18-21-8-4-3-5-9-21/h3-5,8-9,12-13,19-20,22-23H,6-7,10-11,14-18H2,1-2H3,(H,29,33)(H,30,32). The summed E-state index contributed by atoms with van der Waals surface area (Å²) in [5, 5.41) is 6.10. The predicted molar refractivity (Wildman–Crippen MR) is 135 cm³/mol. The number of nitrogens with zero attached hydrogens (tertiary/aromatic N) is 1. The van der Waals surface area contributed by atoms with Crippen molar-refractivity contribution >= 4 is 23.2 Å². The Balaban J connectivity index is 1.46. The third-order valence-electron chi connectivity index (χ3n) is 6.98. The predicted octanol–water partition coefficient (Wildman–Crippen LogP) is 5.41. The van der Waals surface area contributed by atoms with Crippen LogP contribution in [0.4, 0.5) is 11.4 Å². The van der Waals surface area contributed by atoms with Gasteiger partial charge in [-0.05, 0) is 75.6 Å². The molecule has 1 saturated carbocycles. The molecule has 0 atom stereocenters. The zero-order valence-electron chi connectivity index (χ0n) is 20.0. The second kappa shape index (κ2) is 10.9. The second-order valence-electron chi connectivity index (χ2n) is 9.95. The van der Waals surface area contributed by atoms with Crippen LogP contribution in [0.15, 0.2) is 48.5 Å². The molecule has 0 unspecified atom stereocenters. The minimum absolute atomic E-state index is 0.0543. The molecular formula is C28H37N3O2. The van der Waals surface area contributed by atoms with Gasteiger partial charge in [0.15, 0.2) is 0 Å². The minimum atomic E-state index is -0.0802. The summed E-state index contributed by atoms with van der Waals surface area (Å²) in [7, 11) is 0. The van der Waals surface area contributed by atoms with E-state index in [1.807, 2.05) is 32.0 Å². The molecule has 2 amide bonds. The lowest BCUT2D eigenvalue weighted by molar-refractivity contribution is -0.119. The quantitative estimate of drug-likeness (QED) is 0.596. The van der Waals surface area contributed by atoms with Crippen molar-refractivity contribution in [2.75, 3.05) is 23.3 Å². The molecule has 0 aromatic heterocycles. The summed E-state index contributed by atoms with van der Waals surface area (Å²) in [6, 6.07) is 16.6. The molecule has 2 aromatic carbocycles. The van der Waals surface area contributed by atoms with Gasteiger partial charge in [0.05, 0.1) is 5.56 Å². The average Bonchev–Trinajstić information content (AvgIpc) is 3.35. The van der Waals surface area contributed by atoms with Crippen LogP contribution < -0.4 is 15.5 Å². The molecule has 1 saturated heterocycles. The van der Waals surface area contributed by atoms with Crippen molar-refractivity contribution < 1.29 is 9.59 Å². The van der Waals surface area contributed by atoms with Crippen molar-refractivity contribution in [3.63, 3.8) is 0 Å². The summed E-state index contributed by atoms with van der Waals surface area (Å²) in [4.78, 5) is 28.0. The van der Waals surface area contributed by atoms with Gasteiger partial charge in [-0.2, -0.15) is 0 Å². The Morgan fingerprint density at radius 2 is 1.67 bits per heavy atom. The van der Waals surface area contributed by atoms with Crippen molar-refractivity contribution in [3.8, 4) is 0 Å². The third kappa shape index (κ3) is 6.16. The Bertz CT molecular complexity index is 943. The molecule has 2 aliphatic rings. The summed E-state index contributed by atoms with van der Waals surface area (Å²) in [6.45, 7) is 5.82. The van der Waals surface area contributed by atoms with Gasteiger partial charge in [0.2, 0.25) is 5.91 Å². The highest BCUT2D eigenvalue weighted by Crippen LogP contribution is 2.31. The van der Waals surface area contributed by atoms with Gasteiger partial charge >= 0.3 is 0 Å². The number of amides is 2. The number of piperidine rings is 1. The Morgan fingerprint density at radius 3 is 2.33 bits per heavy atom. The van der Waals surface area contributed by atoms with Crippen molar-refractivity contribution in [2.45, 2.75) is 64.8 Å². The summed E-state index contributed by atoms with van der Waals surface area (Å²) < 4.78 is 0. The normalized spacial score (nSPS) is 17.4. The zero-order valence-corrected chi connectivity index (χ0v) is 20.0. The number of hydrogen-bond donors (Lipinski definition) is 2. The molecule has 2 N–H and O–H groups in total. The molecule has 0 bridgehead atoms. The molecule has 176 valence electrons. The van der Waals surface area contributed by atoms with Crippen LogP contribution in [0, 0.1) is 11.8 Å². The first-order valence-corrected chi connectivity index (χ1v) is 12.5. The lowest BCUT2D eigenvalue weighted by Gasteiger charge is -2.35. The molecule has 0 radical (unpaired) electrons. The fourth-order valence-electron chi connectivity index (χ4n) is 5.17. The van der Waals surface area contributed by atoms with Crippen LogP contribution in [0.3, 0.4) is 0 Å². The highest BCUT2D eigenvalue weighted by molar-refractivity contribution is 6.02. The molecule has 1 aliphatic heterocycles. The number of carbonyl (C=O) groups is 2. The minimum Gasteiger partial charge on any atom is -0.371 e. The molecule has 33 heavy (non-hydrogen) atoms. The molecule has 2 fully saturated rings. The largest absolute Gasteiger partial charge is 0.371 e. The van der Waals surface area contributed by atoms with Gasteiger partial charge in [0.25, 0.3) is 5.91 Å². The Morgan fingerprint density at radius 1 is 0.970 bits per heavy atom. The number of hydrogen-bond acceptors (Lipinski definition) is 3. The first-order chi connectivity index (χ1) is 16.0. The fourth-order valence-corrected chi connectivity index (χ4v) is 5.17. The summed E-state index contributed by atoms with van der Waals surface area (Å²) >= 11 is 0. The maximum Gasteiger partial charge on any atom is 0.253 e. The van der Waals surface area contributed by atoms with Crippen LogP contribution in [0.2, 0.25) is 0 Å². The summed E-state index contributed by atoms with van der Waals surface area (Å²) in [6.07, 6.45) is 7.51. The van der Waals surface area contributed by atoms with E-state index in [4.69, 9.17) is 0 Å². The van der Waals surface area contributed by atoms with E-state index in [0.717, 1.165) is 63.7 Å². The molecule has 0 spiro atoms. The van der Waals surface area contributed by atoms with E-state index in [9.17, 15) is 9.59 Å². The SMILES string of the molecule is CC(C)NC(=O)c1cc(NC(=O)C2CCCC2)ccc1N1CCC(Cc2ccccc2)CC1. The second-order valence-corrected chi connectivity index (χ2v) is 9.95. The Hall–Kier alpha value is -2.82. The number of nitrogens with one attached hydrogen (secondary N) is 2. The van der Waals surface area contributed by atoms with Gasteiger partial charge < -0.3 is 15.5 Å². The number of anilines is 2. The summed E-state index contributed by atoms with van der Waals surface area (Å²) in [5.74, 6) is 0.767. The topological polar surface area (TPSA) is 61.4 Å². The van der Waals surface area contributed by atoms with E-state index in [1.54, 1.807) is 0 Å². The summed E-state index contributed by atoms with van der Waals surface area (Å²) in [5.41, 5.74) is 3.72. The van der Waals surface area contributed by atoms with E-state index in [2.05, 4.69) is 45.9 Å². The molecule has 1 heterocycles. The highest BCUT2D eigenvalue weighted by atomic mass is 16.2. The molecule has 2 aromatic rings. The Kier molecular flexibility index (Phi) is 7.69. The maximum atomic E-state index is 13.1. The van der Waals surface area contributed by atoms with Crippen LogP contribution in [-0.2, 0) is 11.2 Å². The zero-order chi connectivity index (χ0) is 23.2. The van der Waals surface area contributed by atoms with Crippen LogP contribution in [-0.4, -0.2) is 30.9 Å². The van der Waals surface area contributed by atoms with E-state index < -0.39 is 0 Å². The van der Waals surface area contributed by atoms with Gasteiger partial charge in [-0.15, -0.1) is 0 Å². The Labute approximate surface area is 197 Å². The van der Waals surface area contributed by atoms with Gasteiger partial charge in [0, 0.05) is 36.4 Å². The molecule has 5 nitrogen and oxygen atoms in total. The van der Waals surface area contributed by atoms with Gasteiger partial charge in [-0.1, -0.05) is 43.2 Å². The first kappa shape index (κ1) is 23.3. The lowest BCUT2D eigenvalue weighted by atomic mass is 9.89. The molecule has 4 rings (SSSR count). The van der Waals surface area contributed by atoms with E-state index in [0.29, 0.717) is 17.2 Å². The van der Waals surface area contributed by atoms with E-state index in [1.165, 1.54) is 5.56 Å². The van der Waals surface area contributed by atoms with E-state index in [-0.39, 0.29) is 23.8 Å². The monoisotopic (exact) mass is 447 g/mol. The van der Waals surface area contributed by atoms with E-state index >= 15 is 0 Å². The fraction of sp³-hybridized carbons (Fsp3) is 0.500. The molecule has 5 heteroatoms. The smallest absolute Gasteiger partial charge is 0.253 e. The van der Waals surface area contributed by atoms with Gasteiger partial charge in [-0.3, -0.25) is 9.59 Å². The molecular weight excluding hydrogens is 410 g/mol. The number of benzene rings is 2. The third-order valence-corrected chi connectivity index (χ3v) is 6.98. The van der Waals surface area contributed by atoms with Gasteiger partial charge in [0.1, 0.15) is 0 Å². The van der Waals surface area contributed by atoms with Crippen LogP contribution >= 0.6 is 0 Å². The van der Waals surface area contributed by atoms with Crippen molar-refractivity contribution in [3.05, 3.63) is 59.7 Å². The van der Waals surface area contributed by atoms with Crippen molar-refractivity contribution in [1.82, 2.24) is 5.32 Å². The van der Waals surface area contributed by atoms with Crippen LogP contribution in [0.1, 0.15) is 68.3 Å². The highest BCUT2D eigenvalue weighted by Gasteiger charge is 2.26. The lowest BCUT2D eigenvalue weighted by Crippen LogP contribution is -2.37. The number of carbonyl (C=O) groups excluding carboxylic acids is 2. The van der Waals surface area contributed by atoms with Crippen molar-refractivity contribution in [1.29, 1.82) is 0 Å². The average molecular weight is 448 g/mol.